The molecule has 3 aliphatic rings. The van der Waals surface area contributed by atoms with Crippen LogP contribution in [0.3, 0.4) is 0 Å². The number of carbonyl (C=O) groups is 2. The first-order valence-electron chi connectivity index (χ1n) is 11.8. The van der Waals surface area contributed by atoms with E-state index < -0.39 is 6.04 Å². The van der Waals surface area contributed by atoms with Crippen LogP contribution >= 0.6 is 11.6 Å². The van der Waals surface area contributed by atoms with E-state index >= 15 is 0 Å². The molecule has 33 heavy (non-hydrogen) atoms. The lowest BCUT2D eigenvalue weighted by atomic mass is 10.1. The fraction of sp³-hybridized carbons (Fsp3) is 0.609. The number of piperidine rings is 1. The molecule has 3 N–H and O–H groups in total. The quantitative estimate of drug-likeness (QED) is 0.447. The first-order chi connectivity index (χ1) is 16.1. The maximum absolute atomic E-state index is 12.0. The van der Waals surface area contributed by atoms with Gasteiger partial charge in [-0.15, -0.1) is 0 Å². The maximum atomic E-state index is 12.0. The minimum Gasteiger partial charge on any atom is -0.490 e. The predicted molar refractivity (Wildman–Crippen MR) is 125 cm³/mol. The van der Waals surface area contributed by atoms with E-state index in [0.29, 0.717) is 42.0 Å². The van der Waals surface area contributed by atoms with Gasteiger partial charge in [-0.2, -0.15) is 0 Å². The molecule has 2 fully saturated rings. The lowest BCUT2D eigenvalue weighted by Crippen LogP contribution is -2.44. The van der Waals surface area contributed by atoms with Crippen LogP contribution in [0.1, 0.15) is 56.9 Å². The third-order valence-electron chi connectivity index (χ3n) is 6.27. The van der Waals surface area contributed by atoms with E-state index in [9.17, 15) is 14.7 Å². The Kier molecular flexibility index (Phi) is 8.06. The van der Waals surface area contributed by atoms with Crippen molar-refractivity contribution in [3.05, 3.63) is 22.7 Å². The molecule has 1 atom stereocenters. The maximum Gasteiger partial charge on any atom is 0.251 e. The number of aliphatic hydroxyl groups excluding tert-OH is 1. The largest absolute Gasteiger partial charge is 0.490 e. The smallest absolute Gasteiger partial charge is 0.251 e. The van der Waals surface area contributed by atoms with Gasteiger partial charge >= 0.3 is 0 Å². The molecule has 3 heterocycles. The zero-order chi connectivity index (χ0) is 23.2. The van der Waals surface area contributed by atoms with Gasteiger partial charge in [-0.1, -0.05) is 36.9 Å². The van der Waals surface area contributed by atoms with Crippen molar-refractivity contribution in [3.8, 4) is 5.75 Å². The van der Waals surface area contributed by atoms with Gasteiger partial charge in [0.15, 0.2) is 5.75 Å². The van der Waals surface area contributed by atoms with E-state index in [2.05, 4.69) is 15.7 Å². The highest BCUT2D eigenvalue weighted by Crippen LogP contribution is 2.41. The van der Waals surface area contributed by atoms with Crippen LogP contribution in [-0.4, -0.2) is 65.1 Å². The number of hydrazine groups is 1. The minimum absolute atomic E-state index is 0.103. The second-order valence-electron chi connectivity index (χ2n) is 8.73. The van der Waals surface area contributed by atoms with E-state index in [1.165, 1.54) is 6.42 Å². The lowest BCUT2D eigenvalue weighted by Gasteiger charge is -2.28. The molecular formula is C23H32ClN5O4. The van der Waals surface area contributed by atoms with E-state index in [1.807, 2.05) is 11.1 Å². The Morgan fingerprint density at radius 3 is 2.79 bits per heavy atom. The molecule has 180 valence electrons. The number of unbranched alkanes of at least 4 members (excludes halogenated alkanes) is 3. The van der Waals surface area contributed by atoms with Crippen LogP contribution in [-0.2, 0) is 16.1 Å². The number of nitrogens with one attached hydrogen (secondary N) is 2. The molecule has 0 saturated carbocycles. The van der Waals surface area contributed by atoms with Crippen molar-refractivity contribution in [2.45, 2.75) is 64.0 Å². The number of nitrogens with zero attached hydrogens (tertiary/aromatic N) is 3. The monoisotopic (exact) mass is 477 g/mol. The summed E-state index contributed by atoms with van der Waals surface area (Å²) in [5.41, 5.74) is 4.52. The number of fused-ring (bicyclic) bond motifs is 2. The van der Waals surface area contributed by atoms with Gasteiger partial charge in [0, 0.05) is 31.6 Å². The summed E-state index contributed by atoms with van der Waals surface area (Å²) in [5, 5.41) is 14.7. The number of rotatable bonds is 10. The fourth-order valence-corrected chi connectivity index (χ4v) is 4.64. The highest BCUT2D eigenvalue weighted by Gasteiger charge is 2.39. The van der Waals surface area contributed by atoms with Crippen LogP contribution in [0, 0.1) is 0 Å². The summed E-state index contributed by atoms with van der Waals surface area (Å²) in [5.74, 6) is 0.777. The number of benzene rings is 1. The molecule has 0 aromatic heterocycles. The van der Waals surface area contributed by atoms with Crippen molar-refractivity contribution >= 4 is 35.1 Å². The molecule has 2 amide bonds. The molecule has 0 aliphatic carbocycles. The summed E-state index contributed by atoms with van der Waals surface area (Å²) in [4.78, 5) is 30.4. The summed E-state index contributed by atoms with van der Waals surface area (Å²) in [7, 11) is 0. The van der Waals surface area contributed by atoms with Crippen LogP contribution in [0.4, 0.5) is 5.69 Å². The summed E-state index contributed by atoms with van der Waals surface area (Å²) in [6, 6.07) is 3.02. The van der Waals surface area contributed by atoms with Crippen LogP contribution in [0.2, 0.25) is 5.02 Å². The van der Waals surface area contributed by atoms with Crippen molar-refractivity contribution in [1.29, 1.82) is 0 Å². The first kappa shape index (κ1) is 23.8. The summed E-state index contributed by atoms with van der Waals surface area (Å²) in [6.07, 6.45) is 7.72. The molecule has 1 unspecified atom stereocenters. The average Bonchev–Trinajstić information content (AvgIpc) is 3.12. The third-order valence-corrected chi connectivity index (χ3v) is 6.57. The van der Waals surface area contributed by atoms with Crippen LogP contribution in [0.5, 0.6) is 5.75 Å². The van der Waals surface area contributed by atoms with Gasteiger partial charge in [0.1, 0.15) is 11.7 Å². The third kappa shape index (κ3) is 5.77. The zero-order valence-corrected chi connectivity index (χ0v) is 19.6. The van der Waals surface area contributed by atoms with Crippen molar-refractivity contribution in [1.82, 2.24) is 20.7 Å². The topological polar surface area (TPSA) is 106 Å². The highest BCUT2D eigenvalue weighted by molar-refractivity contribution is 6.32. The molecule has 9 nitrogen and oxygen atoms in total. The molecule has 2 saturated heterocycles. The Labute approximate surface area is 199 Å². The molecule has 1 aromatic carbocycles. The molecule has 3 aliphatic heterocycles. The number of amides is 2. The van der Waals surface area contributed by atoms with E-state index in [-0.39, 0.29) is 18.4 Å². The number of ether oxygens (including phenoxy) is 1. The zero-order valence-electron chi connectivity index (χ0n) is 18.8. The number of aliphatic imine (C=N–C) groups is 1. The molecule has 0 bridgehead atoms. The Morgan fingerprint density at radius 2 is 2.00 bits per heavy atom. The van der Waals surface area contributed by atoms with E-state index in [4.69, 9.17) is 16.3 Å². The number of halogens is 1. The number of guanidine groups is 1. The number of carbonyl (C=O) groups excluding carboxylic acids is 2. The van der Waals surface area contributed by atoms with E-state index in [1.54, 1.807) is 11.0 Å². The summed E-state index contributed by atoms with van der Waals surface area (Å²) >= 11 is 6.38. The van der Waals surface area contributed by atoms with Gasteiger partial charge < -0.3 is 14.7 Å². The van der Waals surface area contributed by atoms with Gasteiger partial charge in [0.2, 0.25) is 11.9 Å². The Balaban J connectivity index is 1.21. The summed E-state index contributed by atoms with van der Waals surface area (Å²) < 4.78 is 5.99. The van der Waals surface area contributed by atoms with Crippen LogP contribution in [0.25, 0.3) is 0 Å². The van der Waals surface area contributed by atoms with Crippen molar-refractivity contribution in [2.24, 2.45) is 4.99 Å². The lowest BCUT2D eigenvalue weighted by molar-refractivity contribution is -0.126. The van der Waals surface area contributed by atoms with Crippen molar-refractivity contribution in [3.63, 3.8) is 0 Å². The SMILES string of the molecule is O=C(CCCCCCOc1c(Cl)ccc2c1N=C1NC(=O)C(CO)N1C2)NN1CCCCC1. The fourth-order valence-electron chi connectivity index (χ4n) is 4.43. The normalized spacial score (nSPS) is 20.1. The second-order valence-corrected chi connectivity index (χ2v) is 9.14. The van der Waals surface area contributed by atoms with Crippen LogP contribution < -0.4 is 15.5 Å². The molecule has 0 spiro atoms. The highest BCUT2D eigenvalue weighted by atomic mass is 35.5. The first-order valence-corrected chi connectivity index (χ1v) is 12.2. The van der Waals surface area contributed by atoms with Gasteiger partial charge in [0.25, 0.3) is 5.91 Å². The molecule has 0 radical (unpaired) electrons. The number of hydrogen-bond acceptors (Lipinski definition) is 7. The standard InChI is InChI=1S/C23H32ClN5O4/c24-17-10-9-16-14-29-18(15-30)22(32)26-23(29)25-20(16)21(17)33-13-7-2-1-4-8-19(31)27-28-11-5-3-6-12-28/h9-10,18,30H,1-8,11-15H2,(H,27,31)(H,25,26,32). The minimum atomic E-state index is -0.626. The van der Waals surface area contributed by atoms with E-state index in [0.717, 1.165) is 57.2 Å². The molecule has 10 heteroatoms. The molecular weight excluding hydrogens is 446 g/mol. The van der Waals surface area contributed by atoms with Crippen LogP contribution in [0.15, 0.2) is 17.1 Å². The Hall–Kier alpha value is -2.36. The Bertz CT molecular complexity index is 903. The predicted octanol–water partition coefficient (Wildman–Crippen LogP) is 2.48. The van der Waals surface area contributed by atoms with Gasteiger partial charge in [0.05, 0.1) is 18.2 Å². The Morgan fingerprint density at radius 1 is 1.21 bits per heavy atom. The number of aliphatic hydroxyl groups is 1. The summed E-state index contributed by atoms with van der Waals surface area (Å²) in [6.45, 7) is 2.58. The molecule has 1 aromatic rings. The average molecular weight is 478 g/mol. The van der Waals surface area contributed by atoms with Gasteiger partial charge in [-0.25, -0.2) is 10.0 Å². The second kappa shape index (κ2) is 11.2. The number of hydrogen-bond donors (Lipinski definition) is 3. The van der Waals surface area contributed by atoms with Crippen molar-refractivity contribution < 1.29 is 19.4 Å². The van der Waals surface area contributed by atoms with Gasteiger partial charge in [-0.3, -0.25) is 20.3 Å². The van der Waals surface area contributed by atoms with Gasteiger partial charge in [-0.05, 0) is 31.7 Å². The van der Waals surface area contributed by atoms with Crippen molar-refractivity contribution in [2.75, 3.05) is 26.3 Å². The molecule has 4 rings (SSSR count).